The Hall–Kier alpha value is -2.27. The van der Waals surface area contributed by atoms with Crippen LogP contribution in [0.2, 0.25) is 5.02 Å². The Kier molecular flexibility index (Phi) is 5.43. The van der Waals surface area contributed by atoms with E-state index in [1.54, 1.807) is 29.2 Å². The van der Waals surface area contributed by atoms with Gasteiger partial charge in [0.2, 0.25) is 0 Å². The molecule has 6 heteroatoms. The molecule has 3 rings (SSSR count). The minimum absolute atomic E-state index is 0.0115. The molecule has 0 saturated carbocycles. The number of nitrogens with zero attached hydrogens (tertiary/aromatic N) is 2. The Bertz CT molecular complexity index is 744. The van der Waals surface area contributed by atoms with Crippen LogP contribution in [0, 0.1) is 12.7 Å². The maximum absolute atomic E-state index is 13.0. The number of carbonyl (C=O) groups is 1. The number of amides is 1. The van der Waals surface area contributed by atoms with Crippen molar-refractivity contribution in [3.63, 3.8) is 0 Å². The molecule has 0 atom stereocenters. The number of anilines is 1. The molecule has 1 aliphatic heterocycles. The van der Waals surface area contributed by atoms with Crippen molar-refractivity contribution in [1.82, 2.24) is 4.90 Å². The van der Waals surface area contributed by atoms with Gasteiger partial charge in [0.15, 0.2) is 6.61 Å². The van der Waals surface area contributed by atoms with Crippen molar-refractivity contribution in [2.24, 2.45) is 0 Å². The first-order valence-electron chi connectivity index (χ1n) is 8.20. The third-order valence-electron chi connectivity index (χ3n) is 4.32. The number of halogens is 2. The first-order chi connectivity index (χ1) is 12.0. The summed E-state index contributed by atoms with van der Waals surface area (Å²) in [5, 5.41) is 0.676. The van der Waals surface area contributed by atoms with Crippen LogP contribution in [0.4, 0.5) is 10.1 Å². The highest BCUT2D eigenvalue weighted by Crippen LogP contribution is 2.21. The molecule has 1 amide bonds. The fourth-order valence-electron chi connectivity index (χ4n) is 2.81. The zero-order chi connectivity index (χ0) is 17.8. The summed E-state index contributed by atoms with van der Waals surface area (Å²) >= 11 is 5.98. The summed E-state index contributed by atoms with van der Waals surface area (Å²) in [7, 11) is 0. The van der Waals surface area contributed by atoms with E-state index in [2.05, 4.69) is 4.90 Å². The van der Waals surface area contributed by atoms with Crippen LogP contribution >= 0.6 is 11.6 Å². The van der Waals surface area contributed by atoms with Crippen LogP contribution in [0.5, 0.6) is 5.75 Å². The van der Waals surface area contributed by atoms with Gasteiger partial charge in [-0.25, -0.2) is 4.39 Å². The lowest BCUT2D eigenvalue weighted by Gasteiger charge is -2.36. The first kappa shape index (κ1) is 17.5. The van der Waals surface area contributed by atoms with Crippen LogP contribution < -0.4 is 9.64 Å². The third-order valence-corrected chi connectivity index (χ3v) is 4.74. The molecule has 0 bridgehead atoms. The van der Waals surface area contributed by atoms with Crippen LogP contribution in [0.15, 0.2) is 42.5 Å². The minimum atomic E-state index is -0.243. The Morgan fingerprint density at radius 1 is 1.12 bits per heavy atom. The second kappa shape index (κ2) is 7.74. The van der Waals surface area contributed by atoms with Gasteiger partial charge < -0.3 is 14.5 Å². The quantitative estimate of drug-likeness (QED) is 0.834. The molecule has 4 nitrogen and oxygen atoms in total. The van der Waals surface area contributed by atoms with Gasteiger partial charge in [-0.1, -0.05) is 11.6 Å². The van der Waals surface area contributed by atoms with E-state index in [0.29, 0.717) is 23.9 Å². The summed E-state index contributed by atoms with van der Waals surface area (Å²) in [5.41, 5.74) is 1.89. The number of ether oxygens (including phenoxy) is 1. The molecular weight excluding hydrogens is 343 g/mol. The van der Waals surface area contributed by atoms with Gasteiger partial charge in [0.1, 0.15) is 11.6 Å². The molecule has 0 aromatic heterocycles. The summed E-state index contributed by atoms with van der Waals surface area (Å²) < 4.78 is 18.6. The van der Waals surface area contributed by atoms with E-state index in [1.807, 2.05) is 13.0 Å². The van der Waals surface area contributed by atoms with Crippen molar-refractivity contribution in [1.29, 1.82) is 0 Å². The number of hydrogen-bond donors (Lipinski definition) is 0. The second-order valence-electron chi connectivity index (χ2n) is 6.04. The largest absolute Gasteiger partial charge is 0.484 e. The smallest absolute Gasteiger partial charge is 0.260 e. The molecule has 2 aromatic carbocycles. The summed E-state index contributed by atoms with van der Waals surface area (Å²) in [4.78, 5) is 16.3. The van der Waals surface area contributed by atoms with Gasteiger partial charge in [0, 0.05) is 36.9 Å². The summed E-state index contributed by atoms with van der Waals surface area (Å²) in [6, 6.07) is 11.8. The van der Waals surface area contributed by atoms with Crippen molar-refractivity contribution in [2.75, 3.05) is 37.7 Å². The number of hydrogen-bond acceptors (Lipinski definition) is 3. The van der Waals surface area contributed by atoms with Crippen molar-refractivity contribution in [3.8, 4) is 5.75 Å². The maximum atomic E-state index is 13.0. The van der Waals surface area contributed by atoms with Crippen molar-refractivity contribution >= 4 is 23.2 Å². The van der Waals surface area contributed by atoms with Gasteiger partial charge in [-0.15, -0.1) is 0 Å². The highest BCUT2D eigenvalue weighted by molar-refractivity contribution is 6.31. The molecular formula is C19H20ClFN2O2. The van der Waals surface area contributed by atoms with Crippen LogP contribution in [0.1, 0.15) is 5.56 Å². The Morgan fingerprint density at radius 3 is 2.44 bits per heavy atom. The van der Waals surface area contributed by atoms with Gasteiger partial charge in [0.25, 0.3) is 5.91 Å². The lowest BCUT2D eigenvalue weighted by molar-refractivity contribution is -0.133. The molecule has 2 aromatic rings. The first-order valence-corrected chi connectivity index (χ1v) is 8.58. The second-order valence-corrected chi connectivity index (χ2v) is 6.45. The Labute approximate surface area is 151 Å². The van der Waals surface area contributed by atoms with Gasteiger partial charge in [-0.3, -0.25) is 4.79 Å². The van der Waals surface area contributed by atoms with E-state index in [1.165, 1.54) is 12.1 Å². The molecule has 1 heterocycles. The predicted molar refractivity (Wildman–Crippen MR) is 96.9 cm³/mol. The number of aryl methyl sites for hydroxylation is 1. The van der Waals surface area contributed by atoms with Crippen molar-refractivity contribution in [3.05, 3.63) is 58.9 Å². The number of benzene rings is 2. The number of carbonyl (C=O) groups excluding carboxylic acids is 1. The van der Waals surface area contributed by atoms with Gasteiger partial charge in [-0.2, -0.15) is 0 Å². The van der Waals surface area contributed by atoms with Gasteiger partial charge in [0.05, 0.1) is 0 Å². The number of rotatable bonds is 4. The molecule has 0 aliphatic carbocycles. The molecule has 0 radical (unpaired) electrons. The minimum Gasteiger partial charge on any atom is -0.484 e. The van der Waals surface area contributed by atoms with E-state index < -0.39 is 0 Å². The highest BCUT2D eigenvalue weighted by atomic mass is 35.5. The van der Waals surface area contributed by atoms with E-state index in [4.69, 9.17) is 16.3 Å². The SMILES string of the molecule is Cc1cc(OCC(=O)N2CCN(c3ccc(F)cc3)CC2)ccc1Cl. The molecule has 0 N–H and O–H groups in total. The topological polar surface area (TPSA) is 32.8 Å². The van der Waals surface area contributed by atoms with Gasteiger partial charge in [-0.05, 0) is 55.0 Å². The predicted octanol–water partition coefficient (Wildman–Crippen LogP) is 3.52. The zero-order valence-electron chi connectivity index (χ0n) is 14.0. The lowest BCUT2D eigenvalue weighted by Crippen LogP contribution is -2.50. The fraction of sp³-hybridized carbons (Fsp3) is 0.316. The zero-order valence-corrected chi connectivity index (χ0v) is 14.8. The Morgan fingerprint density at radius 2 is 1.80 bits per heavy atom. The highest BCUT2D eigenvalue weighted by Gasteiger charge is 2.21. The molecule has 1 saturated heterocycles. The van der Waals surface area contributed by atoms with Crippen LogP contribution in [0.3, 0.4) is 0 Å². The molecule has 0 unspecified atom stereocenters. The van der Waals surface area contributed by atoms with Crippen molar-refractivity contribution < 1.29 is 13.9 Å². The number of piperazine rings is 1. The summed E-state index contributed by atoms with van der Waals surface area (Å²) in [5.74, 6) is 0.360. The average Bonchev–Trinajstić information content (AvgIpc) is 2.63. The summed E-state index contributed by atoms with van der Waals surface area (Å²) in [6.07, 6.45) is 0. The van der Waals surface area contributed by atoms with Crippen molar-refractivity contribution in [2.45, 2.75) is 6.92 Å². The van der Waals surface area contributed by atoms with Crippen LogP contribution in [0.25, 0.3) is 0 Å². The maximum Gasteiger partial charge on any atom is 0.260 e. The molecule has 132 valence electrons. The van der Waals surface area contributed by atoms with E-state index in [9.17, 15) is 9.18 Å². The summed E-state index contributed by atoms with van der Waals surface area (Å²) in [6.45, 7) is 4.59. The van der Waals surface area contributed by atoms with E-state index >= 15 is 0 Å². The normalized spacial score (nSPS) is 14.5. The molecule has 0 spiro atoms. The average molecular weight is 363 g/mol. The van der Waals surface area contributed by atoms with E-state index in [0.717, 1.165) is 24.3 Å². The molecule has 1 fully saturated rings. The third kappa shape index (κ3) is 4.42. The van der Waals surface area contributed by atoms with Crippen LogP contribution in [-0.4, -0.2) is 43.6 Å². The fourth-order valence-corrected chi connectivity index (χ4v) is 2.93. The standard InChI is InChI=1S/C19H20ClFN2O2/c1-14-12-17(6-7-18(14)20)25-13-19(24)23-10-8-22(9-11-23)16-4-2-15(21)3-5-16/h2-7,12H,8-11,13H2,1H3. The molecule has 25 heavy (non-hydrogen) atoms. The monoisotopic (exact) mass is 362 g/mol. The van der Waals surface area contributed by atoms with E-state index in [-0.39, 0.29) is 18.3 Å². The van der Waals surface area contributed by atoms with Crippen LogP contribution in [-0.2, 0) is 4.79 Å². The van der Waals surface area contributed by atoms with Gasteiger partial charge >= 0.3 is 0 Å². The molecule has 1 aliphatic rings. The lowest BCUT2D eigenvalue weighted by atomic mass is 10.2. The Balaban J connectivity index is 1.49.